The molecule has 2 saturated carbocycles. The molecule has 1 heterocycles. The molecule has 3 fully saturated rings. The van der Waals surface area contributed by atoms with Crippen LogP contribution in [0.4, 0.5) is 0 Å². The Bertz CT molecular complexity index is 931. The first-order valence-electron chi connectivity index (χ1n) is 18.5. The minimum atomic E-state index is -0.841. The molecule has 2 aliphatic carbocycles. The van der Waals surface area contributed by atoms with Crippen LogP contribution in [0.25, 0.3) is 0 Å². The largest absolute Gasteiger partial charge is 0.393 e. The van der Waals surface area contributed by atoms with Crippen LogP contribution in [0.5, 0.6) is 0 Å². The van der Waals surface area contributed by atoms with Crippen LogP contribution < -0.4 is 0 Å². The molecule has 0 aromatic carbocycles. The van der Waals surface area contributed by atoms with Crippen LogP contribution in [0.2, 0.25) is 0 Å². The molecule has 256 valence electrons. The van der Waals surface area contributed by atoms with Gasteiger partial charge in [-0.3, -0.25) is 0 Å². The van der Waals surface area contributed by atoms with Crippen molar-refractivity contribution >= 4 is 0 Å². The molecule has 0 spiro atoms. The van der Waals surface area contributed by atoms with Gasteiger partial charge in [0.05, 0.1) is 17.8 Å². The number of unbranched alkanes of at least 4 members (excludes halogenated alkanes) is 1. The maximum absolute atomic E-state index is 11.0. The fourth-order valence-electron chi connectivity index (χ4n) is 9.44. The Kier molecular flexibility index (Phi) is 12.9. The van der Waals surface area contributed by atoms with E-state index in [0.717, 1.165) is 31.1 Å². The second-order valence-electron chi connectivity index (χ2n) is 18.0. The van der Waals surface area contributed by atoms with E-state index in [4.69, 9.17) is 4.74 Å². The predicted molar refractivity (Wildman–Crippen MR) is 185 cm³/mol. The molecule has 0 radical (unpaired) electrons. The van der Waals surface area contributed by atoms with Crippen molar-refractivity contribution in [1.82, 2.24) is 0 Å². The zero-order chi connectivity index (χ0) is 33.0. The fourth-order valence-corrected chi connectivity index (χ4v) is 9.44. The average molecular weight is 617 g/mol. The molecule has 1 aliphatic heterocycles. The highest BCUT2D eigenvalue weighted by Crippen LogP contribution is 2.66. The van der Waals surface area contributed by atoms with Crippen molar-refractivity contribution in [2.45, 2.75) is 188 Å². The highest BCUT2D eigenvalue weighted by molar-refractivity contribution is 5.32. The Hall–Kier alpha value is -0.680. The topological polar surface area (TPSA) is 73.2 Å². The number of rotatable bonds is 17. The number of aliphatic hydroxyl groups excluding tert-OH is 2. The van der Waals surface area contributed by atoms with E-state index in [-0.39, 0.29) is 34.1 Å². The lowest BCUT2D eigenvalue weighted by molar-refractivity contribution is -0.111. The standard InChI is InChI=1S/C40H72O4/c1-29(17-13-19-31(3)21-22-35-36(5,6)25-33(41)27-38(35,9)43)15-11-12-16-30(2)18-14-20-32(4)23-24-40-37(7,8)26-34(42)28-39(40,10)44-40/h21-24,29-35,41-43H,11-20,25-28H2,1-10H3/b22-21+,24-23+/t29?,30?,31?,32?,33-,34-,35?,38+,39+,40-/m0/s1. The monoisotopic (exact) mass is 617 g/mol. The van der Waals surface area contributed by atoms with Gasteiger partial charge in [0.25, 0.3) is 0 Å². The summed E-state index contributed by atoms with van der Waals surface area (Å²) in [7, 11) is 0. The van der Waals surface area contributed by atoms with Gasteiger partial charge in [0.15, 0.2) is 0 Å². The molecule has 0 bridgehead atoms. The number of epoxide rings is 1. The maximum Gasteiger partial charge on any atom is 0.121 e. The molecule has 3 rings (SSSR count). The number of fused-ring (bicyclic) bond motifs is 1. The van der Waals surface area contributed by atoms with Crippen molar-refractivity contribution in [3.05, 3.63) is 24.3 Å². The smallest absolute Gasteiger partial charge is 0.121 e. The van der Waals surface area contributed by atoms with Gasteiger partial charge in [0.2, 0.25) is 0 Å². The van der Waals surface area contributed by atoms with Gasteiger partial charge in [-0.1, -0.05) is 131 Å². The van der Waals surface area contributed by atoms with Gasteiger partial charge in [-0.05, 0) is 68.6 Å². The summed E-state index contributed by atoms with van der Waals surface area (Å²) < 4.78 is 6.32. The molecular weight excluding hydrogens is 544 g/mol. The van der Waals surface area contributed by atoms with Crippen molar-refractivity contribution < 1.29 is 20.1 Å². The van der Waals surface area contributed by atoms with Crippen LogP contribution in [0.15, 0.2) is 24.3 Å². The predicted octanol–water partition coefficient (Wildman–Crippen LogP) is 9.80. The second-order valence-corrected chi connectivity index (χ2v) is 18.0. The molecule has 5 unspecified atom stereocenters. The minimum Gasteiger partial charge on any atom is -0.393 e. The van der Waals surface area contributed by atoms with Crippen molar-refractivity contribution in [2.75, 3.05) is 0 Å². The first kappa shape index (κ1) is 37.8. The van der Waals surface area contributed by atoms with Gasteiger partial charge in [0, 0.05) is 24.2 Å². The summed E-state index contributed by atoms with van der Waals surface area (Å²) >= 11 is 0. The highest BCUT2D eigenvalue weighted by atomic mass is 16.6. The van der Waals surface area contributed by atoms with E-state index >= 15 is 0 Å². The fraction of sp³-hybridized carbons (Fsp3) is 0.900. The summed E-state index contributed by atoms with van der Waals surface area (Å²) in [5.74, 6) is 2.77. The molecule has 1 saturated heterocycles. The van der Waals surface area contributed by atoms with Crippen molar-refractivity contribution in [1.29, 1.82) is 0 Å². The highest BCUT2D eigenvalue weighted by Gasteiger charge is 2.74. The number of allylic oxidation sites excluding steroid dienone is 2. The maximum atomic E-state index is 11.0. The van der Waals surface area contributed by atoms with Gasteiger partial charge < -0.3 is 20.1 Å². The quantitative estimate of drug-likeness (QED) is 0.0864. The number of aliphatic hydroxyl groups is 3. The Morgan fingerprint density at radius 2 is 1.16 bits per heavy atom. The van der Waals surface area contributed by atoms with Gasteiger partial charge in [-0.25, -0.2) is 0 Å². The lowest BCUT2D eigenvalue weighted by Gasteiger charge is -2.48. The average Bonchev–Trinajstić information content (AvgIpc) is 3.49. The van der Waals surface area contributed by atoms with Crippen molar-refractivity contribution in [2.24, 2.45) is 40.4 Å². The number of hydrogen-bond donors (Lipinski definition) is 3. The van der Waals surface area contributed by atoms with E-state index in [2.05, 4.69) is 86.6 Å². The van der Waals surface area contributed by atoms with Crippen LogP contribution in [0.1, 0.15) is 159 Å². The number of ether oxygens (including phenoxy) is 1. The summed E-state index contributed by atoms with van der Waals surface area (Å²) in [5, 5.41) is 31.5. The molecule has 4 heteroatoms. The van der Waals surface area contributed by atoms with Gasteiger partial charge in [-0.2, -0.15) is 0 Å². The van der Waals surface area contributed by atoms with E-state index in [9.17, 15) is 15.3 Å². The van der Waals surface area contributed by atoms with Crippen molar-refractivity contribution in [3.8, 4) is 0 Å². The molecular formula is C40H72O4. The summed E-state index contributed by atoms with van der Waals surface area (Å²) in [6.07, 6.45) is 24.5. The van der Waals surface area contributed by atoms with Gasteiger partial charge >= 0.3 is 0 Å². The van der Waals surface area contributed by atoms with Crippen LogP contribution in [0, 0.1) is 40.4 Å². The Labute approximate surface area is 272 Å². The third kappa shape index (κ3) is 9.68. The zero-order valence-corrected chi connectivity index (χ0v) is 30.5. The molecule has 0 aromatic rings. The molecule has 44 heavy (non-hydrogen) atoms. The van der Waals surface area contributed by atoms with Crippen LogP contribution in [-0.4, -0.2) is 44.3 Å². The van der Waals surface area contributed by atoms with E-state index in [1.165, 1.54) is 64.2 Å². The van der Waals surface area contributed by atoms with E-state index in [1.807, 2.05) is 6.92 Å². The third-order valence-corrected chi connectivity index (χ3v) is 12.1. The summed E-state index contributed by atoms with van der Waals surface area (Å²) in [5.41, 5.74) is -1.36. The SMILES string of the molecule is CC(/C=C/C1C(C)(C)C[C@H](O)C[C@@]1(C)O)CCCC(C)CCCCC(C)CCCC(C)/C=C/[C@@]12O[C@]1(C)C[C@@H](O)CC2(C)C. The molecule has 0 amide bonds. The third-order valence-electron chi connectivity index (χ3n) is 12.1. The lowest BCUT2D eigenvalue weighted by Crippen LogP contribution is -2.50. The van der Waals surface area contributed by atoms with Crippen LogP contribution >= 0.6 is 0 Å². The first-order chi connectivity index (χ1) is 20.3. The molecule has 10 atom stereocenters. The summed E-state index contributed by atoms with van der Waals surface area (Å²) in [6.45, 7) is 22.4. The van der Waals surface area contributed by atoms with E-state index in [0.29, 0.717) is 18.3 Å². The Morgan fingerprint density at radius 3 is 1.68 bits per heavy atom. The van der Waals surface area contributed by atoms with Gasteiger partial charge in [-0.15, -0.1) is 0 Å². The molecule has 3 aliphatic rings. The van der Waals surface area contributed by atoms with Gasteiger partial charge in [0.1, 0.15) is 11.2 Å². The minimum absolute atomic E-state index is 0.0279. The van der Waals surface area contributed by atoms with Crippen LogP contribution in [-0.2, 0) is 4.74 Å². The van der Waals surface area contributed by atoms with E-state index in [1.54, 1.807) is 0 Å². The second kappa shape index (κ2) is 15.0. The summed E-state index contributed by atoms with van der Waals surface area (Å²) in [4.78, 5) is 0. The Balaban J connectivity index is 1.24. The molecule has 4 nitrogen and oxygen atoms in total. The van der Waals surface area contributed by atoms with Crippen LogP contribution in [0.3, 0.4) is 0 Å². The summed E-state index contributed by atoms with van der Waals surface area (Å²) in [6, 6.07) is 0. The van der Waals surface area contributed by atoms with Crippen molar-refractivity contribution in [3.63, 3.8) is 0 Å². The molecule has 3 N–H and O–H groups in total. The Morgan fingerprint density at radius 1 is 0.659 bits per heavy atom. The zero-order valence-electron chi connectivity index (χ0n) is 30.5. The first-order valence-corrected chi connectivity index (χ1v) is 18.5. The number of hydrogen-bond acceptors (Lipinski definition) is 4. The molecule has 0 aromatic heterocycles. The normalized spacial score (nSPS) is 37.5. The lowest BCUT2D eigenvalue weighted by atomic mass is 9.61. The van der Waals surface area contributed by atoms with E-state index < -0.39 is 11.7 Å².